The molecule has 1 aliphatic heterocycles. The molecule has 2 fully saturated rings. The number of ether oxygens (including phenoxy) is 1. The molecule has 33 heavy (non-hydrogen) atoms. The summed E-state index contributed by atoms with van der Waals surface area (Å²) < 4.78 is 11.2. The smallest absolute Gasteiger partial charge is 0.254 e. The van der Waals surface area contributed by atoms with Crippen LogP contribution in [0.2, 0.25) is 0 Å². The van der Waals surface area contributed by atoms with Gasteiger partial charge in [-0.15, -0.1) is 0 Å². The first-order valence-electron chi connectivity index (χ1n) is 12.2. The lowest BCUT2D eigenvalue weighted by atomic mass is 9.87. The third-order valence-electron chi connectivity index (χ3n) is 7.09. The Morgan fingerprint density at radius 3 is 2.48 bits per heavy atom. The van der Waals surface area contributed by atoms with Gasteiger partial charge in [0, 0.05) is 37.3 Å². The van der Waals surface area contributed by atoms with Crippen molar-refractivity contribution in [3.8, 4) is 5.75 Å². The number of aryl methyl sites for hydroxylation is 1. The average molecular weight is 454 g/mol. The molecule has 2 aromatic rings. The van der Waals surface area contributed by atoms with Crippen LogP contribution in [-0.4, -0.2) is 59.6 Å². The van der Waals surface area contributed by atoms with E-state index < -0.39 is 0 Å². The fourth-order valence-electron chi connectivity index (χ4n) is 4.76. The van der Waals surface area contributed by atoms with Crippen molar-refractivity contribution < 1.29 is 18.8 Å². The van der Waals surface area contributed by atoms with Crippen LogP contribution in [0.15, 0.2) is 28.8 Å². The molecule has 0 atom stereocenters. The number of rotatable bonds is 7. The highest BCUT2D eigenvalue weighted by Crippen LogP contribution is 2.26. The molecular weight excluding hydrogens is 418 g/mol. The quantitative estimate of drug-likeness (QED) is 0.629. The number of benzene rings is 1. The fraction of sp³-hybridized carbons (Fsp3) is 0.577. The van der Waals surface area contributed by atoms with Crippen molar-refractivity contribution in [2.45, 2.75) is 58.8 Å². The second kappa shape index (κ2) is 10.9. The fourth-order valence-corrected chi connectivity index (χ4v) is 4.76. The third-order valence-corrected chi connectivity index (χ3v) is 7.09. The van der Waals surface area contributed by atoms with Crippen LogP contribution in [-0.2, 0) is 11.2 Å². The van der Waals surface area contributed by atoms with Gasteiger partial charge in [-0.25, -0.2) is 0 Å². The van der Waals surface area contributed by atoms with Crippen molar-refractivity contribution in [3.05, 3.63) is 46.8 Å². The maximum Gasteiger partial charge on any atom is 0.254 e. The first-order chi connectivity index (χ1) is 16.0. The summed E-state index contributed by atoms with van der Waals surface area (Å²) in [5.74, 6) is 2.15. The maximum atomic E-state index is 13.0. The van der Waals surface area contributed by atoms with Gasteiger partial charge in [-0.1, -0.05) is 43.3 Å². The number of piperazine rings is 1. The summed E-state index contributed by atoms with van der Waals surface area (Å²) in [7, 11) is 0. The summed E-state index contributed by atoms with van der Waals surface area (Å²) in [6.45, 7) is 6.57. The average Bonchev–Trinajstić information content (AvgIpc) is 3.16. The molecule has 0 bridgehead atoms. The molecule has 2 heterocycles. The van der Waals surface area contributed by atoms with Crippen molar-refractivity contribution in [1.82, 2.24) is 15.0 Å². The predicted molar refractivity (Wildman–Crippen MR) is 125 cm³/mol. The van der Waals surface area contributed by atoms with Crippen molar-refractivity contribution >= 4 is 11.8 Å². The molecule has 1 saturated heterocycles. The highest BCUT2D eigenvalue weighted by atomic mass is 16.5. The maximum absolute atomic E-state index is 13.0. The lowest BCUT2D eigenvalue weighted by molar-refractivity contribution is -0.132. The molecule has 0 spiro atoms. The number of hydrogen-bond acceptors (Lipinski definition) is 5. The number of hydrogen-bond donors (Lipinski definition) is 0. The van der Waals surface area contributed by atoms with Gasteiger partial charge in [0.25, 0.3) is 5.91 Å². The Labute approximate surface area is 196 Å². The third kappa shape index (κ3) is 5.95. The van der Waals surface area contributed by atoms with Crippen LogP contribution in [0.3, 0.4) is 0 Å². The molecule has 1 aromatic carbocycles. The molecule has 1 aromatic heterocycles. The van der Waals surface area contributed by atoms with E-state index >= 15 is 0 Å². The zero-order chi connectivity index (χ0) is 23.2. The van der Waals surface area contributed by atoms with Gasteiger partial charge in [0.2, 0.25) is 5.91 Å². The Morgan fingerprint density at radius 1 is 1.06 bits per heavy atom. The molecule has 7 heteroatoms. The van der Waals surface area contributed by atoms with E-state index in [2.05, 4.69) is 5.16 Å². The molecule has 2 aliphatic rings. The Bertz CT molecular complexity index is 956. The van der Waals surface area contributed by atoms with Gasteiger partial charge in [-0.05, 0) is 44.4 Å². The number of carbonyl (C=O) groups is 2. The van der Waals surface area contributed by atoms with Crippen molar-refractivity contribution in [1.29, 1.82) is 0 Å². The Kier molecular flexibility index (Phi) is 7.68. The molecule has 0 radical (unpaired) electrons. The number of amides is 2. The van der Waals surface area contributed by atoms with Crippen molar-refractivity contribution in [2.24, 2.45) is 5.92 Å². The van der Waals surface area contributed by atoms with Gasteiger partial charge in [0.1, 0.15) is 11.5 Å². The molecule has 7 nitrogen and oxygen atoms in total. The minimum absolute atomic E-state index is 0.00899. The van der Waals surface area contributed by atoms with Crippen molar-refractivity contribution in [2.75, 3.05) is 32.8 Å². The molecular formula is C26H35N3O4. The Balaban J connectivity index is 1.25. The number of carbonyl (C=O) groups excluding carboxylic acids is 2. The normalized spacial score (nSPS) is 17.3. The molecule has 0 unspecified atom stereocenters. The molecule has 2 amide bonds. The second-order valence-corrected chi connectivity index (χ2v) is 9.33. The van der Waals surface area contributed by atoms with Gasteiger partial charge in [0.15, 0.2) is 0 Å². The van der Waals surface area contributed by atoms with Gasteiger partial charge < -0.3 is 19.1 Å². The molecule has 1 saturated carbocycles. The summed E-state index contributed by atoms with van der Waals surface area (Å²) in [6.07, 6.45) is 7.97. The van der Waals surface area contributed by atoms with E-state index in [0.717, 1.165) is 29.3 Å². The van der Waals surface area contributed by atoms with Crippen LogP contribution in [0.5, 0.6) is 5.75 Å². The van der Waals surface area contributed by atoms with Crippen LogP contribution in [0.4, 0.5) is 0 Å². The first-order valence-corrected chi connectivity index (χ1v) is 12.2. The van der Waals surface area contributed by atoms with Crippen molar-refractivity contribution in [3.63, 3.8) is 0 Å². The summed E-state index contributed by atoms with van der Waals surface area (Å²) in [5.41, 5.74) is 2.38. The van der Waals surface area contributed by atoms with Gasteiger partial charge in [-0.3, -0.25) is 9.59 Å². The molecule has 0 N–H and O–H groups in total. The minimum Gasteiger partial charge on any atom is -0.494 e. The lowest BCUT2D eigenvalue weighted by Gasteiger charge is -2.34. The zero-order valence-electron chi connectivity index (χ0n) is 19.8. The Morgan fingerprint density at radius 2 is 1.79 bits per heavy atom. The molecule has 178 valence electrons. The monoisotopic (exact) mass is 453 g/mol. The molecule has 1 aliphatic carbocycles. The van der Waals surface area contributed by atoms with Crippen LogP contribution in [0.1, 0.15) is 65.9 Å². The van der Waals surface area contributed by atoms with E-state index in [1.165, 1.54) is 32.1 Å². The largest absolute Gasteiger partial charge is 0.494 e. The predicted octanol–water partition coefficient (Wildman–Crippen LogP) is 4.17. The molecule has 4 rings (SSSR count). The summed E-state index contributed by atoms with van der Waals surface area (Å²) in [6, 6.07) is 7.48. The topological polar surface area (TPSA) is 75.9 Å². The van der Waals surface area contributed by atoms with Crippen LogP contribution in [0, 0.1) is 19.8 Å². The summed E-state index contributed by atoms with van der Waals surface area (Å²) >= 11 is 0. The lowest BCUT2D eigenvalue weighted by Crippen LogP contribution is -2.51. The SMILES string of the molecule is Cc1noc(CC(=O)N2CCN(C(=O)c3cccc(OCCC4CCCCC4)c3)CC2)c1C. The highest BCUT2D eigenvalue weighted by molar-refractivity contribution is 5.94. The van der Waals surface area contributed by atoms with E-state index in [9.17, 15) is 9.59 Å². The van der Waals surface area contributed by atoms with E-state index in [0.29, 0.717) is 44.1 Å². The van der Waals surface area contributed by atoms with E-state index in [1.807, 2.05) is 43.0 Å². The summed E-state index contributed by atoms with van der Waals surface area (Å²) in [5, 5.41) is 3.92. The van der Waals surface area contributed by atoms with Gasteiger partial charge >= 0.3 is 0 Å². The number of aromatic nitrogens is 1. The van der Waals surface area contributed by atoms with E-state index in [-0.39, 0.29) is 18.2 Å². The van der Waals surface area contributed by atoms with Crippen LogP contribution in [0.25, 0.3) is 0 Å². The van der Waals surface area contributed by atoms with Crippen LogP contribution >= 0.6 is 0 Å². The van der Waals surface area contributed by atoms with Gasteiger partial charge in [-0.2, -0.15) is 0 Å². The first kappa shape index (κ1) is 23.3. The zero-order valence-corrected chi connectivity index (χ0v) is 19.8. The standard InChI is InChI=1S/C26H35N3O4/c1-19-20(2)27-33-24(19)18-25(30)28-12-14-29(15-13-28)26(31)22-9-6-10-23(17-22)32-16-11-21-7-4-3-5-8-21/h6,9-10,17,21H,3-5,7-8,11-16,18H2,1-2H3. The second-order valence-electron chi connectivity index (χ2n) is 9.33. The Hall–Kier alpha value is -2.83. The van der Waals surface area contributed by atoms with Crippen LogP contribution < -0.4 is 4.74 Å². The van der Waals surface area contributed by atoms with E-state index in [4.69, 9.17) is 9.26 Å². The summed E-state index contributed by atoms with van der Waals surface area (Å²) in [4.78, 5) is 29.3. The van der Waals surface area contributed by atoms with Gasteiger partial charge in [0.05, 0.1) is 18.7 Å². The van der Waals surface area contributed by atoms with E-state index in [1.54, 1.807) is 4.90 Å². The minimum atomic E-state index is -0.0125. The highest BCUT2D eigenvalue weighted by Gasteiger charge is 2.26. The number of nitrogens with zero attached hydrogens (tertiary/aromatic N) is 3.